The van der Waals surface area contributed by atoms with Gasteiger partial charge in [0.25, 0.3) is 0 Å². The van der Waals surface area contributed by atoms with Gasteiger partial charge in [0.15, 0.2) is 0 Å². The molecular weight excluding hydrogens is 192 g/mol. The lowest BCUT2D eigenvalue weighted by Crippen LogP contribution is -2.44. The van der Waals surface area contributed by atoms with E-state index < -0.39 is 5.60 Å². The lowest BCUT2D eigenvalue weighted by Gasteiger charge is -2.23. The van der Waals surface area contributed by atoms with Crippen molar-refractivity contribution in [2.75, 3.05) is 6.54 Å². The number of piperidine rings is 1. The van der Waals surface area contributed by atoms with Crippen molar-refractivity contribution in [2.45, 2.75) is 51.3 Å². The Labute approximate surface area is 90.8 Å². The van der Waals surface area contributed by atoms with Crippen molar-refractivity contribution in [1.82, 2.24) is 10.6 Å². The van der Waals surface area contributed by atoms with E-state index >= 15 is 0 Å². The highest BCUT2D eigenvalue weighted by Crippen LogP contribution is 2.31. The summed E-state index contributed by atoms with van der Waals surface area (Å²) in [6.45, 7) is 6.68. The third-order valence-corrected chi connectivity index (χ3v) is 3.12. The van der Waals surface area contributed by atoms with E-state index in [2.05, 4.69) is 10.6 Å². The summed E-state index contributed by atoms with van der Waals surface area (Å²) in [6.07, 6.45) is 2.11. The second kappa shape index (κ2) is 3.67. The molecule has 1 heterocycles. The SMILES string of the molecule is CC(C)(C)OC(=O)N[C@@H]1C2CCC1NC2. The minimum Gasteiger partial charge on any atom is -0.444 e. The van der Waals surface area contributed by atoms with E-state index in [4.69, 9.17) is 4.74 Å². The third-order valence-electron chi connectivity index (χ3n) is 3.12. The molecule has 0 radical (unpaired) electrons. The molecule has 1 amide bonds. The van der Waals surface area contributed by atoms with Crippen LogP contribution in [-0.4, -0.2) is 30.3 Å². The van der Waals surface area contributed by atoms with Crippen LogP contribution in [0.4, 0.5) is 4.79 Å². The van der Waals surface area contributed by atoms with E-state index in [0.717, 1.165) is 6.54 Å². The van der Waals surface area contributed by atoms with Crippen LogP contribution < -0.4 is 10.6 Å². The van der Waals surface area contributed by atoms with Crippen molar-refractivity contribution in [3.63, 3.8) is 0 Å². The average molecular weight is 212 g/mol. The van der Waals surface area contributed by atoms with Gasteiger partial charge in [0.2, 0.25) is 0 Å². The molecule has 2 unspecified atom stereocenters. The van der Waals surface area contributed by atoms with E-state index in [1.165, 1.54) is 12.8 Å². The van der Waals surface area contributed by atoms with E-state index in [1.807, 2.05) is 20.8 Å². The van der Waals surface area contributed by atoms with Crippen LogP contribution in [0.3, 0.4) is 0 Å². The van der Waals surface area contributed by atoms with Gasteiger partial charge in [-0.3, -0.25) is 0 Å². The first-order chi connectivity index (χ1) is 6.96. The Balaban J connectivity index is 1.85. The average Bonchev–Trinajstić information content (AvgIpc) is 2.61. The van der Waals surface area contributed by atoms with Gasteiger partial charge in [0, 0.05) is 12.6 Å². The number of nitrogens with one attached hydrogen (secondary N) is 2. The van der Waals surface area contributed by atoms with Crippen molar-refractivity contribution >= 4 is 6.09 Å². The van der Waals surface area contributed by atoms with Gasteiger partial charge in [0.05, 0.1) is 6.04 Å². The molecule has 3 atom stereocenters. The maximum absolute atomic E-state index is 11.6. The topological polar surface area (TPSA) is 50.4 Å². The highest BCUT2D eigenvalue weighted by molar-refractivity contribution is 5.68. The lowest BCUT2D eigenvalue weighted by molar-refractivity contribution is 0.0497. The van der Waals surface area contributed by atoms with Crippen LogP contribution in [0.1, 0.15) is 33.6 Å². The largest absolute Gasteiger partial charge is 0.444 e. The Hall–Kier alpha value is -0.770. The van der Waals surface area contributed by atoms with E-state index in [9.17, 15) is 4.79 Å². The molecule has 1 aliphatic heterocycles. The molecule has 0 aromatic rings. The molecule has 15 heavy (non-hydrogen) atoms. The summed E-state index contributed by atoms with van der Waals surface area (Å²) < 4.78 is 5.25. The second-order valence-corrected chi connectivity index (χ2v) is 5.52. The molecule has 0 aromatic heterocycles. The van der Waals surface area contributed by atoms with E-state index in [0.29, 0.717) is 12.0 Å². The molecule has 1 aliphatic carbocycles. The molecule has 0 aromatic carbocycles. The normalized spacial score (nSPS) is 34.2. The van der Waals surface area contributed by atoms with Crippen molar-refractivity contribution in [3.8, 4) is 0 Å². The predicted octanol–water partition coefficient (Wildman–Crippen LogP) is 1.26. The number of hydrogen-bond donors (Lipinski definition) is 2. The minimum absolute atomic E-state index is 0.278. The quantitative estimate of drug-likeness (QED) is 0.688. The Morgan fingerprint density at radius 2 is 2.13 bits per heavy atom. The van der Waals surface area contributed by atoms with Gasteiger partial charge in [-0.2, -0.15) is 0 Å². The van der Waals surface area contributed by atoms with Crippen LogP contribution in [-0.2, 0) is 4.74 Å². The van der Waals surface area contributed by atoms with Crippen LogP contribution in [0, 0.1) is 5.92 Å². The first-order valence-corrected chi connectivity index (χ1v) is 5.68. The monoisotopic (exact) mass is 212 g/mol. The van der Waals surface area contributed by atoms with E-state index in [-0.39, 0.29) is 12.1 Å². The Bertz CT molecular complexity index is 240. The molecule has 1 saturated carbocycles. The molecule has 0 spiro atoms. The number of carbonyl (C=O) groups excluding carboxylic acids is 1. The van der Waals surface area contributed by atoms with Crippen LogP contribution in [0.25, 0.3) is 0 Å². The Kier molecular flexibility index (Phi) is 2.63. The first kappa shape index (κ1) is 10.7. The first-order valence-electron chi connectivity index (χ1n) is 5.68. The van der Waals surface area contributed by atoms with Gasteiger partial charge in [-0.1, -0.05) is 0 Å². The van der Waals surface area contributed by atoms with E-state index in [1.54, 1.807) is 0 Å². The maximum atomic E-state index is 11.6. The number of rotatable bonds is 1. The molecule has 2 bridgehead atoms. The summed E-state index contributed by atoms with van der Waals surface area (Å²) in [4.78, 5) is 11.6. The summed E-state index contributed by atoms with van der Waals surface area (Å²) in [5.41, 5.74) is -0.408. The van der Waals surface area contributed by atoms with Gasteiger partial charge >= 0.3 is 6.09 Å². The number of ether oxygens (including phenoxy) is 1. The fourth-order valence-electron chi connectivity index (χ4n) is 2.50. The molecule has 2 N–H and O–H groups in total. The molecule has 86 valence electrons. The van der Waals surface area contributed by atoms with Crippen molar-refractivity contribution < 1.29 is 9.53 Å². The maximum Gasteiger partial charge on any atom is 0.407 e. The van der Waals surface area contributed by atoms with Gasteiger partial charge in [-0.15, -0.1) is 0 Å². The number of amides is 1. The fraction of sp³-hybridized carbons (Fsp3) is 0.909. The Morgan fingerprint density at radius 3 is 2.53 bits per heavy atom. The highest BCUT2D eigenvalue weighted by atomic mass is 16.6. The molecular formula is C11H20N2O2. The van der Waals surface area contributed by atoms with Crippen LogP contribution in [0.15, 0.2) is 0 Å². The molecule has 4 nitrogen and oxygen atoms in total. The summed E-state index contributed by atoms with van der Waals surface area (Å²) >= 11 is 0. The zero-order chi connectivity index (χ0) is 11.1. The summed E-state index contributed by atoms with van der Waals surface area (Å²) in [5, 5.41) is 6.38. The molecule has 2 rings (SSSR count). The number of carbonyl (C=O) groups is 1. The Morgan fingerprint density at radius 1 is 1.40 bits per heavy atom. The van der Waals surface area contributed by atoms with Crippen molar-refractivity contribution in [1.29, 1.82) is 0 Å². The summed E-state index contributed by atoms with van der Waals surface area (Å²) in [6, 6.07) is 0.738. The standard InChI is InChI=1S/C11H20N2O2/c1-11(2,3)15-10(14)13-9-7-4-5-8(9)12-6-7/h7-9,12H,4-6H2,1-3H3,(H,13,14)/t7?,8?,9-/m1/s1. The smallest absolute Gasteiger partial charge is 0.407 e. The van der Waals surface area contributed by atoms with Crippen LogP contribution in [0.2, 0.25) is 0 Å². The number of alkyl carbamates (subject to hydrolysis) is 1. The summed E-state index contributed by atoms with van der Waals surface area (Å²) in [5.74, 6) is 0.600. The van der Waals surface area contributed by atoms with Crippen molar-refractivity contribution in [2.24, 2.45) is 5.92 Å². The van der Waals surface area contributed by atoms with Gasteiger partial charge in [-0.25, -0.2) is 4.79 Å². The predicted molar refractivity (Wildman–Crippen MR) is 57.7 cm³/mol. The molecule has 2 fully saturated rings. The van der Waals surface area contributed by atoms with Gasteiger partial charge < -0.3 is 15.4 Å². The van der Waals surface area contributed by atoms with Crippen molar-refractivity contribution in [3.05, 3.63) is 0 Å². The molecule has 2 aliphatic rings. The summed E-state index contributed by atoms with van der Waals surface area (Å²) in [7, 11) is 0. The molecule has 1 saturated heterocycles. The van der Waals surface area contributed by atoms with Crippen LogP contribution >= 0.6 is 0 Å². The number of hydrogen-bond acceptors (Lipinski definition) is 3. The fourth-order valence-corrected chi connectivity index (χ4v) is 2.50. The minimum atomic E-state index is -0.408. The zero-order valence-corrected chi connectivity index (χ0v) is 9.67. The highest BCUT2D eigenvalue weighted by Gasteiger charge is 2.42. The third kappa shape index (κ3) is 2.43. The number of fused-ring (bicyclic) bond motifs is 2. The zero-order valence-electron chi connectivity index (χ0n) is 9.67. The lowest BCUT2D eigenvalue weighted by atomic mass is 10.1. The van der Waals surface area contributed by atoms with Gasteiger partial charge in [-0.05, 0) is 39.5 Å². The van der Waals surface area contributed by atoms with Gasteiger partial charge in [0.1, 0.15) is 5.60 Å². The second-order valence-electron chi connectivity index (χ2n) is 5.52. The van der Waals surface area contributed by atoms with Crippen LogP contribution in [0.5, 0.6) is 0 Å². The molecule has 4 heteroatoms.